The first kappa shape index (κ1) is 23.0. The molecule has 0 saturated carbocycles. The third kappa shape index (κ3) is 5.09. The summed E-state index contributed by atoms with van der Waals surface area (Å²) >= 11 is 0. The molecule has 4 aromatic rings. The number of halogens is 4. The number of H-pyrrole nitrogens is 1. The number of carbonyl (C=O) groups excluding carboxylic acids is 1. The molecule has 0 fully saturated rings. The first-order valence-corrected chi connectivity index (χ1v) is 10.2. The molecule has 0 spiro atoms. The molecule has 0 aliphatic carbocycles. The summed E-state index contributed by atoms with van der Waals surface area (Å²) < 4.78 is 57.3. The van der Waals surface area contributed by atoms with Crippen molar-refractivity contribution >= 4 is 5.91 Å². The first-order chi connectivity index (χ1) is 16.2. The molecule has 0 radical (unpaired) electrons. The molecule has 174 valence electrons. The van der Waals surface area contributed by atoms with E-state index in [2.05, 4.69) is 15.3 Å². The largest absolute Gasteiger partial charge is 0.497 e. The maximum atomic E-state index is 13.4. The molecule has 0 unspecified atom stereocenters. The molecule has 3 aromatic carbocycles. The molecule has 9 heteroatoms. The molecular formula is C25H19F4N3O2. The fourth-order valence-corrected chi connectivity index (χ4v) is 3.35. The predicted molar refractivity (Wildman–Crippen MR) is 119 cm³/mol. The van der Waals surface area contributed by atoms with Crippen LogP contribution in [-0.4, -0.2) is 23.0 Å². The minimum atomic E-state index is -4.88. The van der Waals surface area contributed by atoms with Gasteiger partial charge in [-0.15, -0.1) is 0 Å². The average molecular weight is 469 g/mol. The lowest BCUT2D eigenvalue weighted by Gasteiger charge is -2.10. The number of aromatic amines is 1. The third-order valence-corrected chi connectivity index (χ3v) is 5.17. The summed E-state index contributed by atoms with van der Waals surface area (Å²) in [5.74, 6) is -0.773. The van der Waals surface area contributed by atoms with Gasteiger partial charge >= 0.3 is 6.18 Å². The van der Waals surface area contributed by atoms with E-state index in [4.69, 9.17) is 4.74 Å². The molecule has 1 aromatic heterocycles. The Balaban J connectivity index is 1.42. The zero-order chi connectivity index (χ0) is 24.3. The minimum absolute atomic E-state index is 0.0883. The first-order valence-electron chi connectivity index (χ1n) is 10.2. The Labute approximate surface area is 192 Å². The predicted octanol–water partition coefficient (Wildman–Crippen LogP) is 5.84. The summed E-state index contributed by atoms with van der Waals surface area (Å²) in [5.41, 5.74) is 1.55. The van der Waals surface area contributed by atoms with Crippen LogP contribution in [-0.2, 0) is 12.7 Å². The van der Waals surface area contributed by atoms with Crippen LogP contribution < -0.4 is 10.1 Å². The Morgan fingerprint density at radius 1 is 1.03 bits per heavy atom. The second-order valence-corrected chi connectivity index (χ2v) is 7.45. The lowest BCUT2D eigenvalue weighted by Crippen LogP contribution is -2.23. The van der Waals surface area contributed by atoms with Crippen molar-refractivity contribution in [3.63, 3.8) is 0 Å². The number of rotatable bonds is 6. The number of carbonyl (C=O) groups is 1. The number of imidazole rings is 1. The van der Waals surface area contributed by atoms with Gasteiger partial charge in [-0.25, -0.2) is 9.37 Å². The quantitative estimate of drug-likeness (QED) is 0.349. The minimum Gasteiger partial charge on any atom is -0.497 e. The van der Waals surface area contributed by atoms with E-state index in [0.29, 0.717) is 18.0 Å². The molecule has 1 amide bonds. The second-order valence-electron chi connectivity index (χ2n) is 7.45. The summed E-state index contributed by atoms with van der Waals surface area (Å²) in [6.45, 7) is 0.0883. The van der Waals surface area contributed by atoms with Crippen molar-refractivity contribution in [2.45, 2.75) is 12.7 Å². The second kappa shape index (κ2) is 9.38. The highest BCUT2D eigenvalue weighted by atomic mass is 19.4. The number of nitrogens with zero attached hydrogens (tertiary/aromatic N) is 1. The zero-order valence-electron chi connectivity index (χ0n) is 17.9. The number of aromatic nitrogens is 2. The van der Waals surface area contributed by atoms with E-state index in [0.717, 1.165) is 34.2 Å². The van der Waals surface area contributed by atoms with Gasteiger partial charge in [-0.2, -0.15) is 13.2 Å². The Morgan fingerprint density at radius 2 is 1.79 bits per heavy atom. The van der Waals surface area contributed by atoms with Crippen molar-refractivity contribution in [2.75, 3.05) is 7.11 Å². The highest BCUT2D eigenvalue weighted by molar-refractivity contribution is 5.94. The van der Waals surface area contributed by atoms with Gasteiger partial charge in [-0.05, 0) is 35.9 Å². The van der Waals surface area contributed by atoms with Gasteiger partial charge in [0.05, 0.1) is 24.6 Å². The van der Waals surface area contributed by atoms with Crippen LogP contribution in [0.2, 0.25) is 0 Å². The Hall–Kier alpha value is -4.14. The molecule has 0 saturated heterocycles. The fraction of sp³-hybridized carbons (Fsp3) is 0.120. The lowest BCUT2D eigenvalue weighted by molar-refractivity contribution is -0.140. The van der Waals surface area contributed by atoms with Crippen molar-refractivity contribution in [1.82, 2.24) is 15.3 Å². The van der Waals surface area contributed by atoms with Crippen molar-refractivity contribution < 1.29 is 27.1 Å². The number of hydrogen-bond acceptors (Lipinski definition) is 3. The number of hydrogen-bond donors (Lipinski definition) is 2. The summed E-state index contributed by atoms with van der Waals surface area (Å²) in [7, 11) is 1.60. The topological polar surface area (TPSA) is 67.0 Å². The van der Waals surface area contributed by atoms with E-state index in [1.165, 1.54) is 0 Å². The number of alkyl halides is 3. The fourth-order valence-electron chi connectivity index (χ4n) is 3.35. The van der Waals surface area contributed by atoms with E-state index in [9.17, 15) is 22.4 Å². The molecule has 5 nitrogen and oxygen atoms in total. The van der Waals surface area contributed by atoms with Crippen LogP contribution in [0.25, 0.3) is 22.6 Å². The number of ether oxygens (including phenoxy) is 1. The van der Waals surface area contributed by atoms with E-state index < -0.39 is 23.5 Å². The number of nitrogens with one attached hydrogen (secondary N) is 2. The van der Waals surface area contributed by atoms with E-state index >= 15 is 0 Å². The molecule has 2 N–H and O–H groups in total. The van der Waals surface area contributed by atoms with Crippen LogP contribution in [0, 0.1) is 5.82 Å². The van der Waals surface area contributed by atoms with Crippen LogP contribution >= 0.6 is 0 Å². The molecule has 0 bridgehead atoms. The van der Waals surface area contributed by atoms with Crippen molar-refractivity contribution in [1.29, 1.82) is 0 Å². The third-order valence-electron chi connectivity index (χ3n) is 5.17. The monoisotopic (exact) mass is 469 g/mol. The van der Waals surface area contributed by atoms with Crippen molar-refractivity contribution in [3.05, 3.63) is 95.4 Å². The van der Waals surface area contributed by atoms with Gasteiger partial charge in [0.2, 0.25) is 0 Å². The summed E-state index contributed by atoms with van der Waals surface area (Å²) in [6, 6.07) is 16.9. The Bertz CT molecular complexity index is 1310. The van der Waals surface area contributed by atoms with E-state index in [-0.39, 0.29) is 12.1 Å². The SMILES string of the molecule is COc1cccc(-c2cnc(-c3ccc(CNC(=O)c4ccc(F)c(C(F)(F)F)c4)cc3)[nH]2)c1. The van der Waals surface area contributed by atoms with Crippen LogP contribution in [0.3, 0.4) is 0 Å². The van der Waals surface area contributed by atoms with Crippen LogP contribution in [0.1, 0.15) is 21.5 Å². The summed E-state index contributed by atoms with van der Waals surface area (Å²) in [5, 5.41) is 2.54. The summed E-state index contributed by atoms with van der Waals surface area (Å²) in [4.78, 5) is 19.9. The molecular weight excluding hydrogens is 450 g/mol. The highest BCUT2D eigenvalue weighted by Crippen LogP contribution is 2.32. The van der Waals surface area contributed by atoms with Gasteiger partial charge in [-0.3, -0.25) is 4.79 Å². The maximum Gasteiger partial charge on any atom is 0.419 e. The molecule has 0 atom stereocenters. The lowest BCUT2D eigenvalue weighted by atomic mass is 10.1. The van der Waals surface area contributed by atoms with Crippen LogP contribution in [0.15, 0.2) is 72.9 Å². The van der Waals surface area contributed by atoms with Gasteiger partial charge in [0, 0.05) is 23.2 Å². The molecule has 0 aliphatic rings. The van der Waals surface area contributed by atoms with Crippen molar-refractivity contribution in [2.24, 2.45) is 0 Å². The van der Waals surface area contributed by atoms with E-state index in [1.807, 2.05) is 36.4 Å². The highest BCUT2D eigenvalue weighted by Gasteiger charge is 2.34. The smallest absolute Gasteiger partial charge is 0.419 e. The molecule has 1 heterocycles. The van der Waals surface area contributed by atoms with Crippen LogP contribution in [0.5, 0.6) is 5.75 Å². The van der Waals surface area contributed by atoms with Gasteiger partial charge in [0.1, 0.15) is 17.4 Å². The maximum absolute atomic E-state index is 13.4. The zero-order valence-corrected chi connectivity index (χ0v) is 17.9. The normalized spacial score (nSPS) is 11.3. The Kier molecular flexibility index (Phi) is 6.36. The number of amides is 1. The molecule has 34 heavy (non-hydrogen) atoms. The summed E-state index contributed by atoms with van der Waals surface area (Å²) in [6.07, 6.45) is -3.16. The van der Waals surface area contributed by atoms with Crippen LogP contribution in [0.4, 0.5) is 17.6 Å². The van der Waals surface area contributed by atoms with Gasteiger partial charge in [-0.1, -0.05) is 36.4 Å². The average Bonchev–Trinajstić information content (AvgIpc) is 3.33. The van der Waals surface area contributed by atoms with Gasteiger partial charge in [0.25, 0.3) is 5.91 Å². The number of benzene rings is 3. The molecule has 4 rings (SSSR count). The van der Waals surface area contributed by atoms with Gasteiger partial charge < -0.3 is 15.0 Å². The standard InChI is InChI=1S/C25H19F4N3O2/c1-34-19-4-2-3-17(11-19)22-14-30-23(32-22)16-7-5-15(6-8-16)13-31-24(33)18-9-10-21(26)20(12-18)25(27,28)29/h2-12,14H,13H2,1H3,(H,30,32)(H,31,33). The van der Waals surface area contributed by atoms with E-state index in [1.54, 1.807) is 25.4 Å². The Morgan fingerprint density at radius 3 is 2.50 bits per heavy atom. The van der Waals surface area contributed by atoms with Crippen molar-refractivity contribution in [3.8, 4) is 28.4 Å². The molecule has 0 aliphatic heterocycles. The number of methoxy groups -OCH3 is 1. The van der Waals surface area contributed by atoms with Gasteiger partial charge in [0.15, 0.2) is 0 Å².